The van der Waals surface area contributed by atoms with Gasteiger partial charge in [0.2, 0.25) is 0 Å². The van der Waals surface area contributed by atoms with Crippen LogP contribution in [-0.2, 0) is 12.5 Å². The van der Waals surface area contributed by atoms with E-state index in [4.69, 9.17) is 0 Å². The zero-order valence-electron chi connectivity index (χ0n) is 11.3. The maximum absolute atomic E-state index is 14.2. The highest BCUT2D eigenvalue weighted by Gasteiger charge is 2.44. The standard InChI is InChI=1S/C16H16F2N2/c1-12-14-8-5-9-19-15(14)16(17,18)11-20(12)10-13-6-3-2-4-7-13/h2-9,12H,10-11H2,1H3. The molecular formula is C16H16F2N2. The first-order valence-electron chi connectivity index (χ1n) is 6.69. The molecule has 1 unspecified atom stereocenters. The number of rotatable bonds is 2. The van der Waals surface area contributed by atoms with Gasteiger partial charge in [0.15, 0.2) is 0 Å². The Morgan fingerprint density at radius 2 is 1.95 bits per heavy atom. The molecule has 1 aromatic carbocycles. The van der Waals surface area contributed by atoms with E-state index < -0.39 is 5.92 Å². The van der Waals surface area contributed by atoms with Crippen molar-refractivity contribution in [2.24, 2.45) is 0 Å². The Labute approximate surface area is 117 Å². The molecule has 1 aromatic heterocycles. The average Bonchev–Trinajstić information content (AvgIpc) is 2.46. The molecule has 1 aliphatic heterocycles. The Hall–Kier alpha value is -1.81. The Balaban J connectivity index is 1.92. The van der Waals surface area contributed by atoms with E-state index in [1.165, 1.54) is 6.20 Å². The van der Waals surface area contributed by atoms with Crippen LogP contribution in [0.3, 0.4) is 0 Å². The van der Waals surface area contributed by atoms with Gasteiger partial charge in [-0.05, 0) is 24.1 Å². The highest BCUT2D eigenvalue weighted by Crippen LogP contribution is 2.40. The van der Waals surface area contributed by atoms with Crippen molar-refractivity contribution in [1.82, 2.24) is 9.88 Å². The summed E-state index contributed by atoms with van der Waals surface area (Å²) in [6.45, 7) is 2.19. The first kappa shape index (κ1) is 13.2. The van der Waals surface area contributed by atoms with Crippen LogP contribution in [0.1, 0.15) is 29.8 Å². The minimum Gasteiger partial charge on any atom is -0.286 e. The molecule has 104 valence electrons. The van der Waals surface area contributed by atoms with E-state index in [1.807, 2.05) is 37.3 Å². The van der Waals surface area contributed by atoms with Gasteiger partial charge in [0.25, 0.3) is 0 Å². The SMILES string of the molecule is CC1c2cccnc2C(F)(F)CN1Cc1ccccc1. The Kier molecular flexibility index (Phi) is 3.26. The average molecular weight is 274 g/mol. The van der Waals surface area contributed by atoms with Crippen molar-refractivity contribution in [3.05, 3.63) is 65.5 Å². The molecule has 1 aliphatic rings. The van der Waals surface area contributed by atoms with Crippen LogP contribution in [0.5, 0.6) is 0 Å². The fourth-order valence-electron chi connectivity index (χ4n) is 2.73. The minimum absolute atomic E-state index is 0.0569. The second-order valence-corrected chi connectivity index (χ2v) is 5.21. The van der Waals surface area contributed by atoms with Crippen molar-refractivity contribution < 1.29 is 8.78 Å². The lowest BCUT2D eigenvalue weighted by molar-refractivity contribution is -0.0683. The number of benzene rings is 1. The second kappa shape index (κ2) is 4.94. The van der Waals surface area contributed by atoms with Crippen molar-refractivity contribution in [2.45, 2.75) is 25.4 Å². The summed E-state index contributed by atoms with van der Waals surface area (Å²) in [5, 5.41) is 0. The molecule has 4 heteroatoms. The Bertz CT molecular complexity index is 598. The molecule has 0 radical (unpaired) electrons. The summed E-state index contributed by atoms with van der Waals surface area (Å²) >= 11 is 0. The van der Waals surface area contributed by atoms with Crippen LogP contribution in [0.25, 0.3) is 0 Å². The monoisotopic (exact) mass is 274 g/mol. The van der Waals surface area contributed by atoms with E-state index in [9.17, 15) is 8.78 Å². The van der Waals surface area contributed by atoms with Crippen LogP contribution in [0, 0.1) is 0 Å². The van der Waals surface area contributed by atoms with Crippen LogP contribution in [0.15, 0.2) is 48.7 Å². The number of nitrogens with zero attached hydrogens (tertiary/aromatic N) is 2. The zero-order chi connectivity index (χ0) is 14.2. The predicted octanol–water partition coefficient (Wildman–Crippen LogP) is 3.75. The number of pyridine rings is 1. The van der Waals surface area contributed by atoms with E-state index in [1.54, 1.807) is 17.0 Å². The van der Waals surface area contributed by atoms with E-state index in [2.05, 4.69) is 4.98 Å². The van der Waals surface area contributed by atoms with Gasteiger partial charge < -0.3 is 0 Å². The van der Waals surface area contributed by atoms with Gasteiger partial charge >= 0.3 is 5.92 Å². The molecular weight excluding hydrogens is 258 g/mol. The lowest BCUT2D eigenvalue weighted by Crippen LogP contribution is -2.42. The van der Waals surface area contributed by atoms with Gasteiger partial charge in [0, 0.05) is 18.8 Å². The van der Waals surface area contributed by atoms with Crippen molar-refractivity contribution in [1.29, 1.82) is 0 Å². The lowest BCUT2D eigenvalue weighted by Gasteiger charge is -2.38. The lowest BCUT2D eigenvalue weighted by atomic mass is 9.95. The normalized spacial score (nSPS) is 21.4. The smallest absolute Gasteiger partial charge is 0.286 e. The van der Waals surface area contributed by atoms with Crippen molar-refractivity contribution >= 4 is 0 Å². The molecule has 20 heavy (non-hydrogen) atoms. The third-order valence-corrected chi connectivity index (χ3v) is 3.81. The number of halogens is 2. The molecule has 0 N–H and O–H groups in total. The minimum atomic E-state index is -2.89. The van der Waals surface area contributed by atoms with Crippen LogP contribution in [0.4, 0.5) is 8.78 Å². The van der Waals surface area contributed by atoms with Gasteiger partial charge in [-0.1, -0.05) is 36.4 Å². The summed E-state index contributed by atoms with van der Waals surface area (Å²) in [4.78, 5) is 5.69. The molecule has 0 saturated heterocycles. The largest absolute Gasteiger partial charge is 0.302 e. The Morgan fingerprint density at radius 1 is 1.20 bits per heavy atom. The topological polar surface area (TPSA) is 16.1 Å². The summed E-state index contributed by atoms with van der Waals surface area (Å²) in [5.74, 6) is -2.89. The molecule has 0 saturated carbocycles. The number of aromatic nitrogens is 1. The zero-order valence-corrected chi connectivity index (χ0v) is 11.3. The Morgan fingerprint density at radius 3 is 2.70 bits per heavy atom. The number of hydrogen-bond acceptors (Lipinski definition) is 2. The predicted molar refractivity (Wildman–Crippen MR) is 73.4 cm³/mol. The van der Waals surface area contributed by atoms with E-state index in [-0.39, 0.29) is 18.3 Å². The summed E-state index contributed by atoms with van der Waals surface area (Å²) in [6, 6.07) is 13.1. The first-order valence-corrected chi connectivity index (χ1v) is 6.69. The van der Waals surface area contributed by atoms with Gasteiger partial charge in [-0.3, -0.25) is 9.88 Å². The van der Waals surface area contributed by atoms with Crippen molar-refractivity contribution in [2.75, 3.05) is 6.54 Å². The molecule has 2 aromatic rings. The molecule has 0 amide bonds. The first-order chi connectivity index (χ1) is 9.58. The fourth-order valence-corrected chi connectivity index (χ4v) is 2.73. The number of alkyl halides is 2. The van der Waals surface area contributed by atoms with Gasteiger partial charge in [0.1, 0.15) is 5.69 Å². The number of fused-ring (bicyclic) bond motifs is 1. The molecule has 1 atom stereocenters. The molecule has 0 aliphatic carbocycles. The maximum atomic E-state index is 14.2. The summed E-state index contributed by atoms with van der Waals surface area (Å²) in [7, 11) is 0. The van der Waals surface area contributed by atoms with E-state index >= 15 is 0 Å². The van der Waals surface area contributed by atoms with Crippen molar-refractivity contribution in [3.8, 4) is 0 Å². The van der Waals surface area contributed by atoms with Crippen LogP contribution in [-0.4, -0.2) is 16.4 Å². The maximum Gasteiger partial charge on any atom is 0.302 e. The molecule has 0 fully saturated rings. The third-order valence-electron chi connectivity index (χ3n) is 3.81. The van der Waals surface area contributed by atoms with Crippen molar-refractivity contribution in [3.63, 3.8) is 0 Å². The fraction of sp³-hybridized carbons (Fsp3) is 0.312. The third kappa shape index (κ3) is 2.31. The summed E-state index contributed by atoms with van der Waals surface area (Å²) in [5.41, 5.74) is 1.60. The highest BCUT2D eigenvalue weighted by atomic mass is 19.3. The quantitative estimate of drug-likeness (QED) is 0.829. The van der Waals surface area contributed by atoms with Crippen LogP contribution < -0.4 is 0 Å². The van der Waals surface area contributed by atoms with E-state index in [0.29, 0.717) is 12.1 Å². The van der Waals surface area contributed by atoms with Crippen LogP contribution >= 0.6 is 0 Å². The molecule has 0 spiro atoms. The summed E-state index contributed by atoms with van der Waals surface area (Å²) in [6.07, 6.45) is 1.44. The molecule has 2 heterocycles. The molecule has 3 rings (SSSR count). The van der Waals surface area contributed by atoms with Gasteiger partial charge in [-0.25, -0.2) is 0 Å². The molecule has 0 bridgehead atoms. The van der Waals surface area contributed by atoms with Gasteiger partial charge in [-0.2, -0.15) is 8.78 Å². The summed E-state index contributed by atoms with van der Waals surface area (Å²) < 4.78 is 28.4. The second-order valence-electron chi connectivity index (χ2n) is 5.21. The number of hydrogen-bond donors (Lipinski definition) is 0. The van der Waals surface area contributed by atoms with Gasteiger partial charge in [0.05, 0.1) is 6.54 Å². The van der Waals surface area contributed by atoms with Crippen LogP contribution in [0.2, 0.25) is 0 Å². The van der Waals surface area contributed by atoms with Gasteiger partial charge in [-0.15, -0.1) is 0 Å². The van der Waals surface area contributed by atoms with E-state index in [0.717, 1.165) is 5.56 Å². The molecule has 2 nitrogen and oxygen atoms in total. The highest BCUT2D eigenvalue weighted by molar-refractivity contribution is 5.30.